The number of anilines is 1. The number of aliphatic hydroxyl groups is 1. The predicted octanol–water partition coefficient (Wildman–Crippen LogP) is 1.04. The van der Waals surface area contributed by atoms with Crippen LogP contribution < -0.4 is 10.6 Å². The molecule has 0 bridgehead atoms. The molecule has 20 heavy (non-hydrogen) atoms. The molecule has 6 nitrogen and oxygen atoms in total. The number of nitrogens with one attached hydrogen (secondary N) is 2. The van der Waals surface area contributed by atoms with E-state index >= 15 is 0 Å². The van der Waals surface area contributed by atoms with Crippen LogP contribution in [0.3, 0.4) is 0 Å². The Labute approximate surface area is 119 Å². The minimum atomic E-state index is -0.238. The lowest BCUT2D eigenvalue weighted by molar-refractivity contribution is -0.120. The van der Waals surface area contributed by atoms with Crippen molar-refractivity contribution in [2.24, 2.45) is 0 Å². The Balaban J connectivity index is 1.87. The maximum atomic E-state index is 11.7. The second-order valence-electron chi connectivity index (χ2n) is 6.30. The molecule has 1 aromatic rings. The predicted molar refractivity (Wildman–Crippen MR) is 76.4 cm³/mol. The number of aliphatic hydroxyl groups excluding tert-OH is 1. The quantitative estimate of drug-likeness (QED) is 0.766. The van der Waals surface area contributed by atoms with Gasteiger partial charge in [0.1, 0.15) is 12.1 Å². The van der Waals surface area contributed by atoms with Crippen LogP contribution in [-0.2, 0) is 4.79 Å². The fourth-order valence-electron chi connectivity index (χ4n) is 2.15. The highest BCUT2D eigenvalue weighted by Gasteiger charge is 2.29. The standard InChI is InChI=1S/C14H22N4O2/c1-14(2,3)18-13(20)7-15-12-6-11(16-8-17-12)9-4-10(19)5-9/h6,8-10,19H,4-5,7H2,1-3H3,(H,18,20)(H,15,16,17). The zero-order valence-corrected chi connectivity index (χ0v) is 12.2. The van der Waals surface area contributed by atoms with Gasteiger partial charge in [-0.05, 0) is 33.6 Å². The van der Waals surface area contributed by atoms with E-state index in [0.717, 1.165) is 18.5 Å². The molecule has 0 aromatic carbocycles. The Kier molecular flexibility index (Phi) is 4.23. The SMILES string of the molecule is CC(C)(C)NC(=O)CNc1cc(C2CC(O)C2)ncn1. The lowest BCUT2D eigenvalue weighted by atomic mass is 9.80. The van der Waals surface area contributed by atoms with Crippen molar-refractivity contribution in [3.8, 4) is 0 Å². The third kappa shape index (κ3) is 4.16. The van der Waals surface area contributed by atoms with Gasteiger partial charge in [0.2, 0.25) is 5.91 Å². The summed E-state index contributed by atoms with van der Waals surface area (Å²) in [6.07, 6.45) is 2.79. The largest absolute Gasteiger partial charge is 0.393 e. The molecule has 1 aliphatic carbocycles. The van der Waals surface area contributed by atoms with Crippen LogP contribution in [0.5, 0.6) is 0 Å². The van der Waals surface area contributed by atoms with Gasteiger partial charge in [-0.15, -0.1) is 0 Å². The highest BCUT2D eigenvalue weighted by molar-refractivity contribution is 5.81. The van der Waals surface area contributed by atoms with Crippen LogP contribution in [0.2, 0.25) is 0 Å². The van der Waals surface area contributed by atoms with E-state index < -0.39 is 0 Å². The molecule has 1 fully saturated rings. The monoisotopic (exact) mass is 278 g/mol. The number of hydrogen-bond acceptors (Lipinski definition) is 5. The number of carbonyl (C=O) groups excluding carboxylic acids is 1. The average molecular weight is 278 g/mol. The lowest BCUT2D eigenvalue weighted by Crippen LogP contribution is -2.43. The Morgan fingerprint density at radius 2 is 2.10 bits per heavy atom. The first-order chi connectivity index (χ1) is 9.33. The van der Waals surface area contributed by atoms with Crippen LogP contribution in [-0.4, -0.2) is 39.2 Å². The highest BCUT2D eigenvalue weighted by atomic mass is 16.3. The maximum Gasteiger partial charge on any atom is 0.239 e. The number of nitrogens with zero attached hydrogens (tertiary/aromatic N) is 2. The van der Waals surface area contributed by atoms with E-state index in [1.165, 1.54) is 6.33 Å². The number of carbonyl (C=O) groups is 1. The van der Waals surface area contributed by atoms with Gasteiger partial charge in [-0.1, -0.05) is 0 Å². The van der Waals surface area contributed by atoms with Crippen molar-refractivity contribution >= 4 is 11.7 Å². The Bertz CT molecular complexity index is 478. The summed E-state index contributed by atoms with van der Waals surface area (Å²) in [5.41, 5.74) is 0.682. The van der Waals surface area contributed by atoms with Crippen molar-refractivity contribution in [1.82, 2.24) is 15.3 Å². The van der Waals surface area contributed by atoms with E-state index in [4.69, 9.17) is 0 Å². The number of aromatic nitrogens is 2. The molecule has 0 aliphatic heterocycles. The van der Waals surface area contributed by atoms with Gasteiger partial charge in [0.15, 0.2) is 0 Å². The van der Waals surface area contributed by atoms with E-state index in [2.05, 4.69) is 20.6 Å². The zero-order chi connectivity index (χ0) is 14.8. The van der Waals surface area contributed by atoms with E-state index in [9.17, 15) is 9.90 Å². The van der Waals surface area contributed by atoms with Crippen LogP contribution >= 0.6 is 0 Å². The molecule has 1 aliphatic rings. The minimum Gasteiger partial charge on any atom is -0.393 e. The molecule has 0 saturated heterocycles. The number of amides is 1. The van der Waals surface area contributed by atoms with Gasteiger partial charge >= 0.3 is 0 Å². The zero-order valence-electron chi connectivity index (χ0n) is 12.2. The van der Waals surface area contributed by atoms with E-state index in [1.807, 2.05) is 26.8 Å². The Morgan fingerprint density at radius 1 is 1.40 bits per heavy atom. The van der Waals surface area contributed by atoms with Crippen molar-refractivity contribution in [2.45, 2.75) is 51.2 Å². The third-order valence-corrected chi connectivity index (χ3v) is 3.16. The van der Waals surface area contributed by atoms with Crippen LogP contribution in [0.4, 0.5) is 5.82 Å². The van der Waals surface area contributed by atoms with Crippen LogP contribution in [0, 0.1) is 0 Å². The van der Waals surface area contributed by atoms with Crippen LogP contribution in [0.15, 0.2) is 12.4 Å². The van der Waals surface area contributed by atoms with Gasteiger partial charge in [0.05, 0.1) is 12.6 Å². The summed E-state index contributed by atoms with van der Waals surface area (Å²) in [7, 11) is 0. The van der Waals surface area contributed by atoms with Crippen molar-refractivity contribution in [2.75, 3.05) is 11.9 Å². The van der Waals surface area contributed by atoms with Gasteiger partial charge < -0.3 is 15.7 Å². The molecular formula is C14H22N4O2. The van der Waals surface area contributed by atoms with Gasteiger partial charge in [-0.3, -0.25) is 4.79 Å². The molecule has 110 valence electrons. The fraction of sp³-hybridized carbons (Fsp3) is 0.643. The summed E-state index contributed by atoms with van der Waals surface area (Å²) in [5, 5.41) is 15.2. The molecule has 3 N–H and O–H groups in total. The maximum absolute atomic E-state index is 11.7. The third-order valence-electron chi connectivity index (χ3n) is 3.16. The molecule has 1 amide bonds. The normalized spacial score (nSPS) is 22.0. The summed E-state index contributed by atoms with van der Waals surface area (Å²) < 4.78 is 0. The molecule has 0 spiro atoms. The smallest absolute Gasteiger partial charge is 0.239 e. The first-order valence-electron chi connectivity index (χ1n) is 6.88. The number of rotatable bonds is 4. The van der Waals surface area contributed by atoms with Crippen LogP contribution in [0.25, 0.3) is 0 Å². The van der Waals surface area contributed by atoms with Crippen molar-refractivity contribution in [3.63, 3.8) is 0 Å². The van der Waals surface area contributed by atoms with Gasteiger partial charge in [0, 0.05) is 23.2 Å². The van der Waals surface area contributed by atoms with Gasteiger partial charge in [0.25, 0.3) is 0 Å². The Hall–Kier alpha value is -1.69. The van der Waals surface area contributed by atoms with Crippen LogP contribution in [0.1, 0.15) is 45.2 Å². The second kappa shape index (κ2) is 5.75. The van der Waals surface area contributed by atoms with Crippen molar-refractivity contribution < 1.29 is 9.90 Å². The molecule has 1 aromatic heterocycles. The van der Waals surface area contributed by atoms with E-state index in [-0.39, 0.29) is 24.1 Å². The molecule has 2 rings (SSSR count). The van der Waals surface area contributed by atoms with Crippen molar-refractivity contribution in [1.29, 1.82) is 0 Å². The number of hydrogen-bond donors (Lipinski definition) is 3. The van der Waals surface area contributed by atoms with Gasteiger partial charge in [-0.25, -0.2) is 9.97 Å². The fourth-order valence-corrected chi connectivity index (χ4v) is 2.15. The molecule has 6 heteroatoms. The first-order valence-corrected chi connectivity index (χ1v) is 6.88. The molecule has 0 radical (unpaired) electrons. The minimum absolute atomic E-state index is 0.0725. The summed E-state index contributed by atoms with van der Waals surface area (Å²) in [6.45, 7) is 6.00. The molecule has 0 unspecified atom stereocenters. The Morgan fingerprint density at radius 3 is 2.70 bits per heavy atom. The second-order valence-corrected chi connectivity index (χ2v) is 6.30. The molecule has 1 saturated carbocycles. The van der Waals surface area contributed by atoms with Gasteiger partial charge in [-0.2, -0.15) is 0 Å². The first kappa shape index (κ1) is 14.7. The van der Waals surface area contributed by atoms with E-state index in [0.29, 0.717) is 11.7 Å². The lowest BCUT2D eigenvalue weighted by Gasteiger charge is -2.30. The highest BCUT2D eigenvalue weighted by Crippen LogP contribution is 2.35. The molecule has 1 heterocycles. The summed E-state index contributed by atoms with van der Waals surface area (Å²) in [4.78, 5) is 20.0. The summed E-state index contributed by atoms with van der Waals surface area (Å²) in [6, 6.07) is 1.85. The van der Waals surface area contributed by atoms with E-state index in [1.54, 1.807) is 0 Å². The molecule has 0 atom stereocenters. The summed E-state index contributed by atoms with van der Waals surface area (Å²) >= 11 is 0. The topological polar surface area (TPSA) is 87.1 Å². The van der Waals surface area contributed by atoms with Crippen molar-refractivity contribution in [3.05, 3.63) is 18.1 Å². The molecular weight excluding hydrogens is 256 g/mol. The average Bonchev–Trinajstić information content (AvgIpc) is 2.31. The summed E-state index contributed by atoms with van der Waals surface area (Å²) in [5.74, 6) is 0.870.